The number of benzene rings is 1. The number of fused-ring (bicyclic) bond motifs is 1. The Hall–Kier alpha value is -1.37. The molecular formula is C10H4ClNOS. The van der Waals surface area contributed by atoms with Gasteiger partial charge in [0, 0.05) is 4.70 Å². The van der Waals surface area contributed by atoms with E-state index in [1.165, 1.54) is 11.3 Å². The standard InChI is InChI=1S/C10H4ClNOS/c11-10(13)9-4-7-2-1-6(5-12)3-8(7)14-9/h1-4H. The second kappa shape index (κ2) is 3.41. The highest BCUT2D eigenvalue weighted by molar-refractivity contribution is 7.22. The predicted molar refractivity (Wildman–Crippen MR) is 56.7 cm³/mol. The van der Waals surface area contributed by atoms with E-state index in [0.29, 0.717) is 10.4 Å². The molecule has 0 aliphatic heterocycles. The lowest BCUT2D eigenvalue weighted by molar-refractivity contribution is 0.108. The molecule has 0 radical (unpaired) electrons. The average molecular weight is 222 g/mol. The van der Waals surface area contributed by atoms with Gasteiger partial charge in [-0.3, -0.25) is 4.79 Å². The Balaban J connectivity index is 2.67. The molecule has 1 aromatic carbocycles. The van der Waals surface area contributed by atoms with Gasteiger partial charge in [0.25, 0.3) is 5.24 Å². The van der Waals surface area contributed by atoms with Crippen LogP contribution in [0, 0.1) is 11.3 Å². The first-order chi connectivity index (χ1) is 6.70. The van der Waals surface area contributed by atoms with Gasteiger partial charge in [0.15, 0.2) is 0 Å². The largest absolute Gasteiger partial charge is 0.275 e. The second-order valence-electron chi connectivity index (χ2n) is 2.75. The molecule has 0 saturated heterocycles. The highest BCUT2D eigenvalue weighted by atomic mass is 35.5. The number of hydrogen-bond donors (Lipinski definition) is 0. The molecule has 0 fully saturated rings. The van der Waals surface area contributed by atoms with Gasteiger partial charge in [0.05, 0.1) is 16.5 Å². The van der Waals surface area contributed by atoms with Crippen LogP contribution in [-0.4, -0.2) is 5.24 Å². The number of carbonyl (C=O) groups is 1. The summed E-state index contributed by atoms with van der Waals surface area (Å²) in [7, 11) is 0. The maximum Gasteiger partial charge on any atom is 0.262 e. The summed E-state index contributed by atoms with van der Waals surface area (Å²) in [5.41, 5.74) is 0.591. The van der Waals surface area contributed by atoms with Crippen molar-refractivity contribution in [2.24, 2.45) is 0 Å². The smallest absolute Gasteiger partial charge is 0.262 e. The van der Waals surface area contributed by atoms with Crippen LogP contribution >= 0.6 is 22.9 Å². The molecule has 68 valence electrons. The van der Waals surface area contributed by atoms with E-state index < -0.39 is 5.24 Å². The highest BCUT2D eigenvalue weighted by Gasteiger charge is 2.07. The zero-order chi connectivity index (χ0) is 10.1. The van der Waals surface area contributed by atoms with Crippen molar-refractivity contribution in [3.8, 4) is 6.07 Å². The number of rotatable bonds is 1. The SMILES string of the molecule is N#Cc1ccc2cc(C(=O)Cl)sc2c1. The first-order valence-corrected chi connectivity index (χ1v) is 5.03. The molecular weight excluding hydrogens is 218 g/mol. The van der Waals surface area contributed by atoms with Crippen molar-refractivity contribution < 1.29 is 4.79 Å². The van der Waals surface area contributed by atoms with Crippen molar-refractivity contribution in [1.29, 1.82) is 5.26 Å². The molecule has 0 amide bonds. The molecule has 0 spiro atoms. The van der Waals surface area contributed by atoms with E-state index in [4.69, 9.17) is 16.9 Å². The van der Waals surface area contributed by atoms with Crippen LogP contribution < -0.4 is 0 Å². The van der Waals surface area contributed by atoms with Crippen LogP contribution in [0.4, 0.5) is 0 Å². The Morgan fingerprint density at radius 1 is 1.43 bits per heavy atom. The van der Waals surface area contributed by atoms with Crippen molar-refractivity contribution in [3.63, 3.8) is 0 Å². The molecule has 0 N–H and O–H groups in total. The van der Waals surface area contributed by atoms with Crippen LogP contribution in [0.25, 0.3) is 10.1 Å². The number of carbonyl (C=O) groups excluding carboxylic acids is 1. The fourth-order valence-electron chi connectivity index (χ4n) is 1.20. The van der Waals surface area contributed by atoms with E-state index in [1.54, 1.807) is 18.2 Å². The maximum absolute atomic E-state index is 10.9. The molecule has 1 heterocycles. The Kier molecular flexibility index (Phi) is 2.24. The first-order valence-electron chi connectivity index (χ1n) is 3.84. The number of nitrogens with zero attached hydrogens (tertiary/aromatic N) is 1. The van der Waals surface area contributed by atoms with Gasteiger partial charge in [-0.15, -0.1) is 11.3 Å². The molecule has 14 heavy (non-hydrogen) atoms. The Labute approximate surface area is 89.3 Å². The molecule has 0 aliphatic rings. The summed E-state index contributed by atoms with van der Waals surface area (Å²) in [6.45, 7) is 0. The summed E-state index contributed by atoms with van der Waals surface area (Å²) in [5, 5.41) is 9.16. The molecule has 2 nitrogen and oxygen atoms in total. The summed E-state index contributed by atoms with van der Waals surface area (Å²) < 4.78 is 0.910. The molecule has 0 unspecified atom stereocenters. The zero-order valence-corrected chi connectivity index (χ0v) is 8.52. The van der Waals surface area contributed by atoms with Crippen molar-refractivity contribution >= 4 is 38.3 Å². The van der Waals surface area contributed by atoms with Crippen molar-refractivity contribution in [3.05, 3.63) is 34.7 Å². The lowest BCUT2D eigenvalue weighted by Gasteiger charge is -1.87. The van der Waals surface area contributed by atoms with Crippen LogP contribution in [0.1, 0.15) is 15.2 Å². The van der Waals surface area contributed by atoms with Gasteiger partial charge >= 0.3 is 0 Å². The summed E-state index contributed by atoms with van der Waals surface area (Å²) in [4.78, 5) is 11.4. The van der Waals surface area contributed by atoms with E-state index >= 15 is 0 Å². The van der Waals surface area contributed by atoms with E-state index in [1.807, 2.05) is 12.1 Å². The first kappa shape index (κ1) is 9.20. The van der Waals surface area contributed by atoms with E-state index in [9.17, 15) is 4.79 Å². The van der Waals surface area contributed by atoms with E-state index in [2.05, 4.69) is 0 Å². The predicted octanol–water partition coefficient (Wildman–Crippen LogP) is 3.15. The molecule has 2 rings (SSSR count). The molecule has 2 aromatic rings. The average Bonchev–Trinajstić information content (AvgIpc) is 2.59. The summed E-state index contributed by atoms with van der Waals surface area (Å²) in [5.74, 6) is 0. The summed E-state index contributed by atoms with van der Waals surface area (Å²) >= 11 is 6.66. The Morgan fingerprint density at radius 3 is 2.86 bits per heavy atom. The van der Waals surface area contributed by atoms with Crippen LogP contribution in [0.15, 0.2) is 24.3 Å². The molecule has 1 aromatic heterocycles. The third-order valence-corrected chi connectivity index (χ3v) is 3.26. The van der Waals surface area contributed by atoms with Gasteiger partial charge in [0.1, 0.15) is 0 Å². The zero-order valence-electron chi connectivity index (χ0n) is 6.95. The second-order valence-corrected chi connectivity index (χ2v) is 4.18. The van der Waals surface area contributed by atoms with E-state index in [-0.39, 0.29) is 0 Å². The van der Waals surface area contributed by atoms with Gasteiger partial charge < -0.3 is 0 Å². The van der Waals surface area contributed by atoms with Crippen molar-refractivity contribution in [2.75, 3.05) is 0 Å². The number of hydrogen-bond acceptors (Lipinski definition) is 3. The highest BCUT2D eigenvalue weighted by Crippen LogP contribution is 2.27. The number of halogens is 1. The lowest BCUT2D eigenvalue weighted by Crippen LogP contribution is -1.78. The molecule has 0 saturated carbocycles. The fraction of sp³-hybridized carbons (Fsp3) is 0. The van der Waals surface area contributed by atoms with Gasteiger partial charge in [-0.1, -0.05) is 6.07 Å². The Bertz CT molecular complexity index is 553. The van der Waals surface area contributed by atoms with Gasteiger partial charge in [-0.25, -0.2) is 0 Å². The minimum absolute atomic E-state index is 0.454. The quantitative estimate of drug-likeness (QED) is 0.694. The van der Waals surface area contributed by atoms with Crippen LogP contribution in [0.5, 0.6) is 0 Å². The monoisotopic (exact) mass is 221 g/mol. The number of nitriles is 1. The van der Waals surface area contributed by atoms with Crippen LogP contribution in [0.3, 0.4) is 0 Å². The van der Waals surface area contributed by atoms with E-state index in [0.717, 1.165) is 10.1 Å². The van der Waals surface area contributed by atoms with Gasteiger partial charge in [0.2, 0.25) is 0 Å². The van der Waals surface area contributed by atoms with Crippen LogP contribution in [-0.2, 0) is 0 Å². The fourth-order valence-corrected chi connectivity index (χ4v) is 2.30. The molecule has 0 atom stereocenters. The normalized spacial score (nSPS) is 10.0. The third-order valence-electron chi connectivity index (χ3n) is 1.84. The van der Waals surface area contributed by atoms with Gasteiger partial charge in [-0.05, 0) is 35.2 Å². The Morgan fingerprint density at radius 2 is 2.21 bits per heavy atom. The van der Waals surface area contributed by atoms with Crippen molar-refractivity contribution in [1.82, 2.24) is 0 Å². The molecule has 4 heteroatoms. The topological polar surface area (TPSA) is 40.9 Å². The third kappa shape index (κ3) is 1.50. The maximum atomic E-state index is 10.9. The van der Waals surface area contributed by atoms with Crippen molar-refractivity contribution in [2.45, 2.75) is 0 Å². The number of thiophene rings is 1. The van der Waals surface area contributed by atoms with Gasteiger partial charge in [-0.2, -0.15) is 5.26 Å². The molecule has 0 aliphatic carbocycles. The summed E-state index contributed by atoms with van der Waals surface area (Å²) in [6, 6.07) is 9.07. The van der Waals surface area contributed by atoms with Crippen LogP contribution in [0.2, 0.25) is 0 Å². The minimum Gasteiger partial charge on any atom is -0.275 e. The lowest BCUT2D eigenvalue weighted by atomic mass is 10.2. The summed E-state index contributed by atoms with van der Waals surface area (Å²) in [6.07, 6.45) is 0. The molecule has 0 bridgehead atoms. The minimum atomic E-state index is -0.454.